The summed E-state index contributed by atoms with van der Waals surface area (Å²) in [7, 11) is 0. The van der Waals surface area contributed by atoms with Crippen LogP contribution in [-0.4, -0.2) is 24.0 Å². The third kappa shape index (κ3) is 7.84. The van der Waals surface area contributed by atoms with Gasteiger partial charge in [-0.3, -0.25) is 0 Å². The lowest BCUT2D eigenvalue weighted by Crippen LogP contribution is -2.34. The molecule has 0 fully saturated rings. The second-order valence-corrected chi connectivity index (χ2v) is 4.73. The number of unbranched alkanes of at least 4 members (excludes halogenated alkanes) is 3. The average molecular weight is 213 g/mol. The first-order valence-corrected chi connectivity index (χ1v) is 7.00. The summed E-state index contributed by atoms with van der Waals surface area (Å²) < 4.78 is 0. The van der Waals surface area contributed by atoms with Crippen LogP contribution in [0.5, 0.6) is 0 Å². The zero-order chi connectivity index (χ0) is 11.5. The van der Waals surface area contributed by atoms with Gasteiger partial charge in [-0.15, -0.1) is 0 Å². The van der Waals surface area contributed by atoms with E-state index in [1.165, 1.54) is 58.0 Å². The molecule has 0 saturated heterocycles. The Morgan fingerprint density at radius 3 is 1.67 bits per heavy atom. The standard InChI is InChI=1S/C14H31N/c1-5-8-11-14(4)15(12-9-6-2)13-10-7-3/h14H,5-13H2,1-4H3/t14-/m0/s1. The molecule has 0 aliphatic carbocycles. The minimum Gasteiger partial charge on any atom is -0.301 e. The fourth-order valence-corrected chi connectivity index (χ4v) is 1.96. The van der Waals surface area contributed by atoms with Crippen molar-refractivity contribution in [2.24, 2.45) is 0 Å². The first-order chi connectivity index (χ1) is 7.26. The van der Waals surface area contributed by atoms with E-state index < -0.39 is 0 Å². The lowest BCUT2D eigenvalue weighted by molar-refractivity contribution is 0.191. The van der Waals surface area contributed by atoms with Gasteiger partial charge in [0.25, 0.3) is 0 Å². The molecule has 0 aliphatic heterocycles. The molecule has 0 aromatic carbocycles. The molecular weight excluding hydrogens is 182 g/mol. The van der Waals surface area contributed by atoms with Crippen molar-refractivity contribution in [1.29, 1.82) is 0 Å². The van der Waals surface area contributed by atoms with E-state index in [-0.39, 0.29) is 0 Å². The van der Waals surface area contributed by atoms with Gasteiger partial charge in [0.1, 0.15) is 0 Å². The topological polar surface area (TPSA) is 3.24 Å². The van der Waals surface area contributed by atoms with Gasteiger partial charge < -0.3 is 4.90 Å². The van der Waals surface area contributed by atoms with E-state index in [2.05, 4.69) is 32.6 Å². The molecule has 0 rings (SSSR count). The summed E-state index contributed by atoms with van der Waals surface area (Å²) in [5, 5.41) is 0. The van der Waals surface area contributed by atoms with E-state index in [0.717, 1.165) is 6.04 Å². The summed E-state index contributed by atoms with van der Waals surface area (Å²) in [6, 6.07) is 0.794. The molecule has 0 unspecified atom stereocenters. The minimum atomic E-state index is 0.794. The van der Waals surface area contributed by atoms with Crippen molar-refractivity contribution in [1.82, 2.24) is 4.90 Å². The van der Waals surface area contributed by atoms with Crippen LogP contribution >= 0.6 is 0 Å². The predicted molar refractivity (Wildman–Crippen MR) is 70.4 cm³/mol. The second-order valence-electron chi connectivity index (χ2n) is 4.73. The van der Waals surface area contributed by atoms with E-state index in [9.17, 15) is 0 Å². The first-order valence-electron chi connectivity index (χ1n) is 7.00. The van der Waals surface area contributed by atoms with Gasteiger partial charge in [0.15, 0.2) is 0 Å². The smallest absolute Gasteiger partial charge is 0.00669 e. The van der Waals surface area contributed by atoms with Crippen LogP contribution in [0.25, 0.3) is 0 Å². The van der Waals surface area contributed by atoms with Crippen LogP contribution in [0.2, 0.25) is 0 Å². The molecule has 0 aliphatic rings. The maximum atomic E-state index is 2.70. The molecule has 0 aromatic heterocycles. The van der Waals surface area contributed by atoms with Crippen molar-refractivity contribution in [3.8, 4) is 0 Å². The maximum absolute atomic E-state index is 2.70. The molecule has 1 atom stereocenters. The highest BCUT2D eigenvalue weighted by Gasteiger charge is 2.11. The number of hydrogen-bond acceptors (Lipinski definition) is 1. The van der Waals surface area contributed by atoms with Crippen molar-refractivity contribution in [2.75, 3.05) is 13.1 Å². The van der Waals surface area contributed by atoms with Crippen LogP contribution in [0.15, 0.2) is 0 Å². The Balaban J connectivity index is 3.84. The summed E-state index contributed by atoms with van der Waals surface area (Å²) >= 11 is 0. The Bertz CT molecular complexity index is 115. The van der Waals surface area contributed by atoms with Gasteiger partial charge >= 0.3 is 0 Å². The number of rotatable bonds is 10. The van der Waals surface area contributed by atoms with E-state index >= 15 is 0 Å². The predicted octanol–water partition coefficient (Wildman–Crippen LogP) is 4.47. The zero-order valence-corrected chi connectivity index (χ0v) is 11.4. The fourth-order valence-electron chi connectivity index (χ4n) is 1.96. The average Bonchev–Trinajstić information content (AvgIpc) is 2.26. The molecule has 1 nitrogen and oxygen atoms in total. The molecule has 1 heteroatoms. The third-order valence-electron chi connectivity index (χ3n) is 3.20. The fraction of sp³-hybridized carbons (Fsp3) is 1.00. The van der Waals surface area contributed by atoms with Crippen molar-refractivity contribution in [3.05, 3.63) is 0 Å². The Labute approximate surface area is 97.2 Å². The van der Waals surface area contributed by atoms with Crippen LogP contribution < -0.4 is 0 Å². The van der Waals surface area contributed by atoms with Gasteiger partial charge in [0.2, 0.25) is 0 Å². The van der Waals surface area contributed by atoms with Crippen LogP contribution in [0.3, 0.4) is 0 Å². The molecule has 0 amide bonds. The van der Waals surface area contributed by atoms with Crippen molar-refractivity contribution in [3.63, 3.8) is 0 Å². The largest absolute Gasteiger partial charge is 0.301 e. The van der Waals surface area contributed by atoms with Crippen LogP contribution in [0, 0.1) is 0 Å². The number of hydrogen-bond donors (Lipinski definition) is 0. The van der Waals surface area contributed by atoms with Crippen molar-refractivity contribution in [2.45, 2.75) is 78.7 Å². The molecular formula is C14H31N. The molecule has 0 heterocycles. The van der Waals surface area contributed by atoms with Gasteiger partial charge in [-0.2, -0.15) is 0 Å². The monoisotopic (exact) mass is 213 g/mol. The molecule has 0 spiro atoms. The van der Waals surface area contributed by atoms with Crippen molar-refractivity contribution < 1.29 is 0 Å². The lowest BCUT2D eigenvalue weighted by atomic mass is 10.1. The summed E-state index contributed by atoms with van der Waals surface area (Å²) in [4.78, 5) is 2.70. The molecule has 0 aromatic rings. The zero-order valence-electron chi connectivity index (χ0n) is 11.4. The quantitative estimate of drug-likeness (QED) is 0.517. The SMILES string of the molecule is CCCC[C@H](C)N(CCCC)CCCC. The normalized spacial score (nSPS) is 13.4. The Morgan fingerprint density at radius 1 is 0.800 bits per heavy atom. The second kappa shape index (κ2) is 10.5. The molecule has 0 saturated carbocycles. The summed E-state index contributed by atoms with van der Waals surface area (Å²) in [5.41, 5.74) is 0. The molecule has 0 N–H and O–H groups in total. The summed E-state index contributed by atoms with van der Waals surface area (Å²) in [6.45, 7) is 11.9. The van der Waals surface area contributed by atoms with E-state index in [1.807, 2.05) is 0 Å². The molecule has 0 bridgehead atoms. The first kappa shape index (κ1) is 15.0. The highest BCUT2D eigenvalue weighted by molar-refractivity contribution is 4.67. The van der Waals surface area contributed by atoms with Gasteiger partial charge in [-0.25, -0.2) is 0 Å². The van der Waals surface area contributed by atoms with Crippen LogP contribution in [-0.2, 0) is 0 Å². The Hall–Kier alpha value is -0.0400. The van der Waals surface area contributed by atoms with E-state index in [4.69, 9.17) is 0 Å². The highest BCUT2D eigenvalue weighted by atomic mass is 15.1. The van der Waals surface area contributed by atoms with Crippen molar-refractivity contribution >= 4 is 0 Å². The summed E-state index contributed by atoms with van der Waals surface area (Å²) in [6.07, 6.45) is 9.46. The Morgan fingerprint density at radius 2 is 1.27 bits per heavy atom. The molecule has 0 radical (unpaired) electrons. The summed E-state index contributed by atoms with van der Waals surface area (Å²) in [5.74, 6) is 0. The molecule has 15 heavy (non-hydrogen) atoms. The van der Waals surface area contributed by atoms with Gasteiger partial charge in [0, 0.05) is 6.04 Å². The van der Waals surface area contributed by atoms with Gasteiger partial charge in [-0.1, -0.05) is 46.5 Å². The van der Waals surface area contributed by atoms with E-state index in [1.54, 1.807) is 0 Å². The number of nitrogens with zero attached hydrogens (tertiary/aromatic N) is 1. The van der Waals surface area contributed by atoms with Gasteiger partial charge in [-0.05, 0) is 39.3 Å². The maximum Gasteiger partial charge on any atom is 0.00669 e. The molecule has 92 valence electrons. The van der Waals surface area contributed by atoms with Gasteiger partial charge in [0.05, 0.1) is 0 Å². The lowest BCUT2D eigenvalue weighted by Gasteiger charge is -2.29. The Kier molecular flexibility index (Phi) is 10.4. The third-order valence-corrected chi connectivity index (χ3v) is 3.20. The highest BCUT2D eigenvalue weighted by Crippen LogP contribution is 2.10. The van der Waals surface area contributed by atoms with Crippen LogP contribution in [0.1, 0.15) is 72.6 Å². The minimum absolute atomic E-state index is 0.794. The van der Waals surface area contributed by atoms with Crippen LogP contribution in [0.4, 0.5) is 0 Å². The van der Waals surface area contributed by atoms with E-state index in [0.29, 0.717) is 0 Å².